The number of benzene rings is 1. The first-order chi connectivity index (χ1) is 10.3. The Morgan fingerprint density at radius 2 is 2.14 bits per heavy atom. The van der Waals surface area contributed by atoms with Crippen LogP contribution in [0.5, 0.6) is 5.75 Å². The summed E-state index contributed by atoms with van der Waals surface area (Å²) >= 11 is 0. The number of ether oxygens (including phenoxy) is 3. The molecule has 0 amide bonds. The summed E-state index contributed by atoms with van der Waals surface area (Å²) in [7, 11) is 1.70. The number of hydrogen-bond donors (Lipinski definition) is 1. The Morgan fingerprint density at radius 1 is 1.33 bits per heavy atom. The van der Waals surface area contributed by atoms with Gasteiger partial charge in [-0.2, -0.15) is 0 Å². The molecule has 118 valence electrons. The third-order valence-electron chi connectivity index (χ3n) is 3.93. The lowest BCUT2D eigenvalue weighted by atomic mass is 10.0. The van der Waals surface area contributed by atoms with Crippen molar-refractivity contribution in [2.75, 3.05) is 40.1 Å². The van der Waals surface area contributed by atoms with Crippen LogP contribution in [0, 0.1) is 5.92 Å². The fraction of sp³-hybridized carbons (Fsp3) is 0.647. The lowest BCUT2D eigenvalue weighted by Crippen LogP contribution is -2.27. The first-order valence-corrected chi connectivity index (χ1v) is 7.86. The molecule has 4 nitrogen and oxygen atoms in total. The minimum Gasteiger partial charge on any atom is -0.497 e. The van der Waals surface area contributed by atoms with Crippen LogP contribution in [0.4, 0.5) is 0 Å². The first-order valence-electron chi connectivity index (χ1n) is 7.86. The van der Waals surface area contributed by atoms with Gasteiger partial charge in [-0.1, -0.05) is 19.1 Å². The molecule has 0 saturated carbocycles. The molecule has 0 aliphatic carbocycles. The quantitative estimate of drug-likeness (QED) is 0.800. The summed E-state index contributed by atoms with van der Waals surface area (Å²) in [5.41, 5.74) is 1.21. The molecular weight excluding hydrogens is 266 g/mol. The minimum atomic E-state index is 0.213. The van der Waals surface area contributed by atoms with E-state index in [9.17, 15) is 0 Å². The van der Waals surface area contributed by atoms with Crippen LogP contribution in [0.15, 0.2) is 24.3 Å². The number of rotatable bonds is 8. The van der Waals surface area contributed by atoms with Crippen LogP contribution in [-0.2, 0) is 9.47 Å². The van der Waals surface area contributed by atoms with Gasteiger partial charge in [0.2, 0.25) is 0 Å². The van der Waals surface area contributed by atoms with Crippen molar-refractivity contribution in [1.82, 2.24) is 5.32 Å². The van der Waals surface area contributed by atoms with E-state index in [2.05, 4.69) is 24.4 Å². The summed E-state index contributed by atoms with van der Waals surface area (Å²) in [4.78, 5) is 0. The lowest BCUT2D eigenvalue weighted by Gasteiger charge is -2.24. The molecule has 0 aromatic heterocycles. The van der Waals surface area contributed by atoms with Gasteiger partial charge in [0.05, 0.1) is 19.8 Å². The maximum Gasteiger partial charge on any atom is 0.119 e. The predicted octanol–water partition coefficient (Wildman–Crippen LogP) is 2.79. The molecule has 1 fully saturated rings. The van der Waals surface area contributed by atoms with Crippen LogP contribution in [0.1, 0.15) is 31.4 Å². The molecule has 1 N–H and O–H groups in total. The molecule has 1 saturated heterocycles. The monoisotopic (exact) mass is 293 g/mol. The fourth-order valence-electron chi connectivity index (χ4n) is 2.64. The fourth-order valence-corrected chi connectivity index (χ4v) is 2.64. The van der Waals surface area contributed by atoms with Crippen LogP contribution in [0.2, 0.25) is 0 Å². The molecule has 2 rings (SSSR count). The van der Waals surface area contributed by atoms with Crippen molar-refractivity contribution in [2.45, 2.75) is 25.8 Å². The van der Waals surface area contributed by atoms with Gasteiger partial charge in [0.1, 0.15) is 5.75 Å². The zero-order chi connectivity index (χ0) is 14.9. The Morgan fingerprint density at radius 3 is 2.86 bits per heavy atom. The molecule has 0 spiro atoms. The van der Waals surface area contributed by atoms with Gasteiger partial charge < -0.3 is 19.5 Å². The van der Waals surface area contributed by atoms with E-state index in [1.54, 1.807) is 7.11 Å². The van der Waals surface area contributed by atoms with Gasteiger partial charge in [0, 0.05) is 19.8 Å². The number of nitrogens with one attached hydrogen (secondary N) is 1. The molecule has 1 heterocycles. The Bertz CT molecular complexity index is 405. The third kappa shape index (κ3) is 5.30. The minimum absolute atomic E-state index is 0.213. The van der Waals surface area contributed by atoms with E-state index in [4.69, 9.17) is 14.2 Å². The molecule has 0 radical (unpaired) electrons. The van der Waals surface area contributed by atoms with Crippen molar-refractivity contribution in [3.8, 4) is 5.75 Å². The Hall–Kier alpha value is -1.10. The van der Waals surface area contributed by atoms with E-state index in [-0.39, 0.29) is 6.04 Å². The Balaban J connectivity index is 1.85. The Kier molecular flexibility index (Phi) is 7.00. The zero-order valence-corrected chi connectivity index (χ0v) is 13.1. The third-order valence-corrected chi connectivity index (χ3v) is 3.93. The second kappa shape index (κ2) is 9.03. The van der Waals surface area contributed by atoms with Crippen molar-refractivity contribution in [3.63, 3.8) is 0 Å². The zero-order valence-electron chi connectivity index (χ0n) is 13.1. The number of hydrogen-bond acceptors (Lipinski definition) is 4. The maximum atomic E-state index is 5.96. The molecule has 1 atom stereocenters. The van der Waals surface area contributed by atoms with Crippen LogP contribution in [0.3, 0.4) is 0 Å². The second-order valence-electron chi connectivity index (χ2n) is 5.48. The standard InChI is InChI=1S/C17H27NO3/c1-3-18-17(15-5-4-6-16(11-15)19-2)13-21-12-14-7-9-20-10-8-14/h4-6,11,14,17-18H,3,7-10,12-13H2,1-2H3. The van der Waals surface area contributed by atoms with Gasteiger partial charge >= 0.3 is 0 Å². The van der Waals surface area contributed by atoms with Gasteiger partial charge in [-0.15, -0.1) is 0 Å². The summed E-state index contributed by atoms with van der Waals surface area (Å²) in [5, 5.41) is 3.48. The van der Waals surface area contributed by atoms with Crippen LogP contribution < -0.4 is 10.1 Å². The number of likely N-dealkylation sites (N-methyl/N-ethyl adjacent to an activating group) is 1. The highest BCUT2D eigenvalue weighted by Gasteiger charge is 2.16. The molecule has 1 aromatic carbocycles. The second-order valence-corrected chi connectivity index (χ2v) is 5.48. The van der Waals surface area contributed by atoms with Crippen molar-refractivity contribution >= 4 is 0 Å². The predicted molar refractivity (Wildman–Crippen MR) is 83.8 cm³/mol. The molecule has 1 unspecified atom stereocenters. The van der Waals surface area contributed by atoms with E-state index in [0.29, 0.717) is 12.5 Å². The Labute approximate surface area is 127 Å². The largest absolute Gasteiger partial charge is 0.497 e. The topological polar surface area (TPSA) is 39.7 Å². The van der Waals surface area contributed by atoms with Gasteiger partial charge in [0.15, 0.2) is 0 Å². The molecule has 4 heteroatoms. The molecule has 21 heavy (non-hydrogen) atoms. The molecule has 0 bridgehead atoms. The smallest absolute Gasteiger partial charge is 0.119 e. The van der Waals surface area contributed by atoms with Gasteiger partial charge in [-0.3, -0.25) is 0 Å². The van der Waals surface area contributed by atoms with Gasteiger partial charge in [-0.05, 0) is 43.0 Å². The molecule has 1 aliphatic heterocycles. The average molecular weight is 293 g/mol. The van der Waals surface area contributed by atoms with E-state index < -0.39 is 0 Å². The summed E-state index contributed by atoms with van der Waals surface area (Å²) < 4.78 is 16.6. The van der Waals surface area contributed by atoms with Crippen LogP contribution >= 0.6 is 0 Å². The summed E-state index contributed by atoms with van der Waals surface area (Å²) in [5.74, 6) is 1.53. The van der Waals surface area contributed by atoms with Crippen molar-refractivity contribution in [2.24, 2.45) is 5.92 Å². The van der Waals surface area contributed by atoms with Crippen molar-refractivity contribution in [1.29, 1.82) is 0 Å². The first kappa shape index (κ1) is 16.3. The van der Waals surface area contributed by atoms with Crippen LogP contribution in [-0.4, -0.2) is 40.1 Å². The normalized spacial score (nSPS) is 17.6. The van der Waals surface area contributed by atoms with Crippen molar-refractivity contribution < 1.29 is 14.2 Å². The lowest BCUT2D eigenvalue weighted by molar-refractivity contribution is 0.0152. The molecule has 1 aliphatic rings. The summed E-state index contributed by atoms with van der Waals surface area (Å²) in [6, 6.07) is 8.40. The number of methoxy groups -OCH3 is 1. The average Bonchev–Trinajstić information content (AvgIpc) is 2.55. The van der Waals surface area contributed by atoms with E-state index in [1.807, 2.05) is 12.1 Å². The van der Waals surface area contributed by atoms with E-state index in [1.165, 1.54) is 5.56 Å². The van der Waals surface area contributed by atoms with E-state index >= 15 is 0 Å². The highest BCUT2D eigenvalue weighted by molar-refractivity contribution is 5.30. The maximum absolute atomic E-state index is 5.96. The van der Waals surface area contributed by atoms with Gasteiger partial charge in [0.25, 0.3) is 0 Å². The highest BCUT2D eigenvalue weighted by Crippen LogP contribution is 2.21. The summed E-state index contributed by atoms with van der Waals surface area (Å²) in [6.07, 6.45) is 2.23. The highest BCUT2D eigenvalue weighted by atomic mass is 16.5. The van der Waals surface area contributed by atoms with Crippen LogP contribution in [0.25, 0.3) is 0 Å². The molecule has 1 aromatic rings. The van der Waals surface area contributed by atoms with Crippen molar-refractivity contribution in [3.05, 3.63) is 29.8 Å². The molecular formula is C17H27NO3. The summed E-state index contributed by atoms with van der Waals surface area (Å²) in [6.45, 7) is 6.31. The van der Waals surface area contributed by atoms with Gasteiger partial charge in [-0.25, -0.2) is 0 Å². The van der Waals surface area contributed by atoms with E-state index in [0.717, 1.165) is 45.0 Å². The SMILES string of the molecule is CCNC(COCC1CCOCC1)c1cccc(OC)c1.